The molecule has 98 valence electrons. The predicted octanol–water partition coefficient (Wildman–Crippen LogP) is 3.88. The maximum absolute atomic E-state index is 11.1. The van der Waals surface area contributed by atoms with Crippen LogP contribution in [-0.2, 0) is 4.79 Å². The normalized spacial score (nSPS) is 21.9. The molecule has 2 aromatic rings. The van der Waals surface area contributed by atoms with Crippen LogP contribution in [0.1, 0.15) is 12.8 Å². The number of fused-ring (bicyclic) bond motifs is 1. The van der Waals surface area contributed by atoms with Crippen molar-refractivity contribution < 1.29 is 9.90 Å². The van der Waals surface area contributed by atoms with Gasteiger partial charge in [0.15, 0.2) is 0 Å². The van der Waals surface area contributed by atoms with E-state index in [1.54, 1.807) is 0 Å². The van der Waals surface area contributed by atoms with E-state index in [1.807, 2.05) is 24.3 Å². The summed E-state index contributed by atoms with van der Waals surface area (Å²) < 4.78 is 1.05. The van der Waals surface area contributed by atoms with Crippen molar-refractivity contribution in [1.82, 2.24) is 0 Å². The largest absolute Gasteiger partial charge is 0.481 e. The molecule has 2 unspecified atom stereocenters. The van der Waals surface area contributed by atoms with Gasteiger partial charge in [0.2, 0.25) is 0 Å². The molecule has 3 rings (SSSR count). The summed E-state index contributed by atoms with van der Waals surface area (Å²) in [6.45, 7) is 0. The maximum Gasteiger partial charge on any atom is 0.308 e. The SMILES string of the molecule is O=C(O)C1CCC1Nc1ccc(Br)c2ccccc12. The van der Waals surface area contributed by atoms with E-state index >= 15 is 0 Å². The number of carboxylic acid groups (broad SMARTS) is 1. The molecule has 19 heavy (non-hydrogen) atoms. The summed E-state index contributed by atoms with van der Waals surface area (Å²) in [6, 6.07) is 12.2. The number of benzene rings is 2. The third kappa shape index (κ3) is 2.21. The number of rotatable bonds is 3. The van der Waals surface area contributed by atoms with Crippen LogP contribution < -0.4 is 5.32 Å². The number of nitrogens with one attached hydrogen (secondary N) is 1. The van der Waals surface area contributed by atoms with E-state index in [2.05, 4.69) is 33.4 Å². The van der Waals surface area contributed by atoms with Gasteiger partial charge < -0.3 is 10.4 Å². The van der Waals surface area contributed by atoms with Crippen LogP contribution >= 0.6 is 15.9 Å². The zero-order valence-electron chi connectivity index (χ0n) is 10.3. The Morgan fingerprint density at radius 3 is 2.53 bits per heavy atom. The number of aliphatic carboxylic acids is 1. The Morgan fingerprint density at radius 2 is 1.89 bits per heavy atom. The topological polar surface area (TPSA) is 49.3 Å². The molecule has 1 aliphatic rings. The number of hydrogen-bond acceptors (Lipinski definition) is 2. The molecule has 4 heteroatoms. The third-order valence-electron chi connectivity index (χ3n) is 3.80. The highest BCUT2D eigenvalue weighted by Gasteiger charge is 2.36. The van der Waals surface area contributed by atoms with Gasteiger partial charge in [-0.3, -0.25) is 4.79 Å². The average Bonchev–Trinajstić information content (AvgIpc) is 2.36. The molecule has 0 saturated heterocycles. The summed E-state index contributed by atoms with van der Waals surface area (Å²) in [4.78, 5) is 11.1. The van der Waals surface area contributed by atoms with E-state index < -0.39 is 5.97 Å². The van der Waals surface area contributed by atoms with Crippen molar-refractivity contribution in [3.05, 3.63) is 40.9 Å². The number of halogens is 1. The Balaban J connectivity index is 1.94. The summed E-state index contributed by atoms with van der Waals surface area (Å²) in [6.07, 6.45) is 1.68. The van der Waals surface area contributed by atoms with E-state index in [0.29, 0.717) is 0 Å². The van der Waals surface area contributed by atoms with E-state index in [9.17, 15) is 4.79 Å². The maximum atomic E-state index is 11.1. The predicted molar refractivity (Wildman–Crippen MR) is 79.4 cm³/mol. The number of hydrogen-bond donors (Lipinski definition) is 2. The van der Waals surface area contributed by atoms with E-state index in [0.717, 1.165) is 33.8 Å². The molecule has 0 aliphatic heterocycles. The Bertz CT molecular complexity index is 641. The van der Waals surface area contributed by atoms with Gasteiger partial charge in [0.25, 0.3) is 0 Å². The lowest BCUT2D eigenvalue weighted by Crippen LogP contribution is -2.43. The second-order valence-electron chi connectivity index (χ2n) is 4.91. The molecule has 1 saturated carbocycles. The molecule has 1 aliphatic carbocycles. The lowest BCUT2D eigenvalue weighted by Gasteiger charge is -2.35. The first kappa shape index (κ1) is 12.5. The van der Waals surface area contributed by atoms with Crippen LogP contribution in [0.5, 0.6) is 0 Å². The first-order valence-corrected chi connectivity index (χ1v) is 7.12. The highest BCUT2D eigenvalue weighted by atomic mass is 79.9. The van der Waals surface area contributed by atoms with Crippen molar-refractivity contribution in [2.45, 2.75) is 18.9 Å². The minimum absolute atomic E-state index is 0.0436. The van der Waals surface area contributed by atoms with Crippen molar-refractivity contribution in [2.24, 2.45) is 5.92 Å². The molecule has 2 aromatic carbocycles. The Labute approximate surface area is 119 Å². The van der Waals surface area contributed by atoms with Gasteiger partial charge in [-0.1, -0.05) is 40.2 Å². The van der Waals surface area contributed by atoms with Crippen LogP contribution in [0.25, 0.3) is 10.8 Å². The van der Waals surface area contributed by atoms with Crippen LogP contribution in [0.15, 0.2) is 40.9 Å². The van der Waals surface area contributed by atoms with Crippen LogP contribution in [0.2, 0.25) is 0 Å². The summed E-state index contributed by atoms with van der Waals surface area (Å²) in [7, 11) is 0. The molecule has 0 heterocycles. The number of carboxylic acids is 1. The molecule has 1 fully saturated rings. The Morgan fingerprint density at radius 1 is 1.16 bits per heavy atom. The first-order chi connectivity index (χ1) is 9.16. The fourth-order valence-electron chi connectivity index (χ4n) is 2.56. The molecule has 0 bridgehead atoms. The fraction of sp³-hybridized carbons (Fsp3) is 0.267. The summed E-state index contributed by atoms with van der Waals surface area (Å²) in [5.74, 6) is -0.965. The zero-order chi connectivity index (χ0) is 13.4. The summed E-state index contributed by atoms with van der Waals surface area (Å²) in [5, 5.41) is 14.7. The fourth-order valence-corrected chi connectivity index (χ4v) is 3.03. The van der Waals surface area contributed by atoms with Gasteiger partial charge in [0, 0.05) is 21.6 Å². The lowest BCUT2D eigenvalue weighted by atomic mass is 9.79. The van der Waals surface area contributed by atoms with Gasteiger partial charge in [-0.25, -0.2) is 0 Å². The van der Waals surface area contributed by atoms with Gasteiger partial charge in [-0.15, -0.1) is 0 Å². The van der Waals surface area contributed by atoms with Crippen LogP contribution in [0.4, 0.5) is 5.69 Å². The van der Waals surface area contributed by atoms with Gasteiger partial charge in [0.1, 0.15) is 0 Å². The summed E-state index contributed by atoms with van der Waals surface area (Å²) in [5.41, 5.74) is 1.01. The second kappa shape index (κ2) is 4.85. The van der Waals surface area contributed by atoms with Crippen molar-refractivity contribution in [1.29, 1.82) is 0 Å². The molecule has 3 nitrogen and oxygen atoms in total. The van der Waals surface area contributed by atoms with Crippen molar-refractivity contribution in [2.75, 3.05) is 5.32 Å². The van der Waals surface area contributed by atoms with E-state index in [1.165, 1.54) is 0 Å². The highest BCUT2D eigenvalue weighted by molar-refractivity contribution is 9.10. The number of carbonyl (C=O) groups is 1. The van der Waals surface area contributed by atoms with Gasteiger partial charge in [-0.05, 0) is 30.4 Å². The van der Waals surface area contributed by atoms with Crippen LogP contribution in [-0.4, -0.2) is 17.1 Å². The molecule has 0 radical (unpaired) electrons. The standard InChI is InChI=1S/C15H14BrNO2/c16-12-6-8-13(10-4-2-1-3-9(10)12)17-14-7-5-11(14)15(18)19/h1-4,6,8,11,14,17H,5,7H2,(H,18,19). The molecular weight excluding hydrogens is 306 g/mol. The average molecular weight is 320 g/mol. The molecule has 2 atom stereocenters. The smallest absolute Gasteiger partial charge is 0.308 e. The first-order valence-electron chi connectivity index (χ1n) is 6.33. The monoisotopic (exact) mass is 319 g/mol. The quantitative estimate of drug-likeness (QED) is 0.902. The van der Waals surface area contributed by atoms with Gasteiger partial charge in [-0.2, -0.15) is 0 Å². The van der Waals surface area contributed by atoms with Gasteiger partial charge >= 0.3 is 5.97 Å². The highest BCUT2D eigenvalue weighted by Crippen LogP contribution is 2.35. The minimum Gasteiger partial charge on any atom is -0.481 e. The van der Waals surface area contributed by atoms with Gasteiger partial charge in [0.05, 0.1) is 5.92 Å². The molecule has 0 amide bonds. The minimum atomic E-state index is -0.704. The summed E-state index contributed by atoms with van der Waals surface area (Å²) >= 11 is 3.54. The van der Waals surface area contributed by atoms with E-state index in [4.69, 9.17) is 5.11 Å². The molecule has 0 aromatic heterocycles. The van der Waals surface area contributed by atoms with Crippen LogP contribution in [0, 0.1) is 5.92 Å². The second-order valence-corrected chi connectivity index (χ2v) is 5.77. The zero-order valence-corrected chi connectivity index (χ0v) is 11.9. The number of anilines is 1. The van der Waals surface area contributed by atoms with Crippen molar-refractivity contribution in [3.63, 3.8) is 0 Å². The molecule has 0 spiro atoms. The Hall–Kier alpha value is -1.55. The molecular formula is C15H14BrNO2. The Kier molecular flexibility index (Phi) is 3.19. The van der Waals surface area contributed by atoms with Crippen molar-refractivity contribution in [3.8, 4) is 0 Å². The van der Waals surface area contributed by atoms with Crippen molar-refractivity contribution >= 4 is 38.4 Å². The van der Waals surface area contributed by atoms with E-state index in [-0.39, 0.29) is 12.0 Å². The lowest BCUT2D eigenvalue weighted by molar-refractivity contribution is -0.144. The van der Waals surface area contributed by atoms with Crippen LogP contribution in [0.3, 0.4) is 0 Å². The molecule has 2 N–H and O–H groups in total. The third-order valence-corrected chi connectivity index (χ3v) is 4.49.